The van der Waals surface area contributed by atoms with Gasteiger partial charge >= 0.3 is 0 Å². The highest BCUT2D eigenvalue weighted by Gasteiger charge is 2.14. The van der Waals surface area contributed by atoms with E-state index in [9.17, 15) is 4.79 Å². The van der Waals surface area contributed by atoms with Crippen molar-refractivity contribution in [2.24, 2.45) is 5.92 Å². The summed E-state index contributed by atoms with van der Waals surface area (Å²) < 4.78 is 0. The molecule has 0 aliphatic rings. The third kappa shape index (κ3) is 6.41. The van der Waals surface area contributed by atoms with Gasteiger partial charge in [0.1, 0.15) is 6.07 Å². The van der Waals surface area contributed by atoms with Crippen molar-refractivity contribution in [1.82, 2.24) is 15.4 Å². The number of hydrogen-bond acceptors (Lipinski definition) is 5. The highest BCUT2D eigenvalue weighted by molar-refractivity contribution is 6.17. The van der Waals surface area contributed by atoms with Gasteiger partial charge < -0.3 is 0 Å². The number of aromatic nitrogens is 2. The van der Waals surface area contributed by atoms with Crippen LogP contribution in [0.25, 0.3) is 0 Å². The predicted molar refractivity (Wildman–Crippen MR) is 81.6 cm³/mol. The van der Waals surface area contributed by atoms with Crippen molar-refractivity contribution < 1.29 is 4.79 Å². The zero-order valence-electron chi connectivity index (χ0n) is 12.3. The standard InChI is InChI=1S/C14H20ClN5O/c1-11(2)10-20(19-14(21)5-3-4-7-15)13-6-8-17-12(9-16)18-13/h6,8,11H,3-5,7,10H2,1-2H3,(H,19,21). The number of amides is 1. The third-order valence-corrected chi connectivity index (χ3v) is 2.88. The van der Waals surface area contributed by atoms with Crippen LogP contribution in [-0.2, 0) is 4.79 Å². The fourth-order valence-electron chi connectivity index (χ4n) is 1.70. The van der Waals surface area contributed by atoms with E-state index in [1.807, 2.05) is 19.9 Å². The van der Waals surface area contributed by atoms with Crippen molar-refractivity contribution in [1.29, 1.82) is 5.26 Å². The van der Waals surface area contributed by atoms with Crippen molar-refractivity contribution in [3.63, 3.8) is 0 Å². The topological polar surface area (TPSA) is 81.9 Å². The van der Waals surface area contributed by atoms with Gasteiger partial charge in [-0.2, -0.15) is 10.2 Å². The molecule has 0 fully saturated rings. The van der Waals surface area contributed by atoms with Gasteiger partial charge in [-0.05, 0) is 18.8 Å². The molecule has 1 rings (SSSR count). The second kappa shape index (κ2) is 9.14. The van der Waals surface area contributed by atoms with Crippen molar-refractivity contribution in [2.45, 2.75) is 33.1 Å². The summed E-state index contributed by atoms with van der Waals surface area (Å²) in [5.74, 6) is 1.39. The lowest BCUT2D eigenvalue weighted by molar-refractivity contribution is -0.121. The second-order valence-electron chi connectivity index (χ2n) is 5.04. The second-order valence-corrected chi connectivity index (χ2v) is 5.41. The van der Waals surface area contributed by atoms with E-state index in [4.69, 9.17) is 16.9 Å². The van der Waals surface area contributed by atoms with Gasteiger partial charge in [0, 0.05) is 31.1 Å². The zero-order chi connectivity index (χ0) is 15.7. The van der Waals surface area contributed by atoms with Crippen molar-refractivity contribution in [3.8, 4) is 6.07 Å². The molecule has 0 unspecified atom stereocenters. The fraction of sp³-hybridized carbons (Fsp3) is 0.571. The number of hydrazine groups is 1. The molecule has 0 aliphatic carbocycles. The summed E-state index contributed by atoms with van der Waals surface area (Å²) in [4.78, 5) is 19.9. The number of nitriles is 1. The predicted octanol–water partition coefficient (Wildman–Crippen LogP) is 2.25. The minimum atomic E-state index is -0.0853. The smallest absolute Gasteiger partial charge is 0.238 e. The Hall–Kier alpha value is -1.87. The summed E-state index contributed by atoms with van der Waals surface area (Å²) in [6, 6.07) is 3.56. The van der Waals surface area contributed by atoms with Crippen molar-refractivity contribution >= 4 is 23.3 Å². The molecule has 0 aromatic carbocycles. The summed E-state index contributed by atoms with van der Waals surface area (Å²) in [6.07, 6.45) is 3.48. The number of rotatable bonds is 8. The number of hydrogen-bond donors (Lipinski definition) is 1. The van der Waals surface area contributed by atoms with Gasteiger partial charge in [0.2, 0.25) is 11.7 Å². The van der Waals surface area contributed by atoms with Crippen LogP contribution in [0.2, 0.25) is 0 Å². The van der Waals surface area contributed by atoms with Crippen molar-refractivity contribution in [2.75, 3.05) is 17.4 Å². The molecule has 0 saturated carbocycles. The average molecular weight is 310 g/mol. The molecule has 0 radical (unpaired) electrons. The molecule has 1 heterocycles. The van der Waals surface area contributed by atoms with E-state index in [1.54, 1.807) is 11.1 Å². The van der Waals surface area contributed by atoms with Crippen LogP contribution in [0, 0.1) is 17.2 Å². The van der Waals surface area contributed by atoms with Crippen LogP contribution in [-0.4, -0.2) is 28.3 Å². The molecule has 0 saturated heterocycles. The first kappa shape index (κ1) is 17.2. The van der Waals surface area contributed by atoms with Gasteiger partial charge in [-0.1, -0.05) is 13.8 Å². The Balaban J connectivity index is 2.75. The third-order valence-electron chi connectivity index (χ3n) is 2.61. The Morgan fingerprint density at radius 2 is 2.29 bits per heavy atom. The van der Waals surface area contributed by atoms with Crippen LogP contribution in [0.1, 0.15) is 38.9 Å². The van der Waals surface area contributed by atoms with E-state index >= 15 is 0 Å². The summed E-state index contributed by atoms with van der Waals surface area (Å²) in [5, 5.41) is 10.5. The Kier molecular flexibility index (Phi) is 7.48. The molecular weight excluding hydrogens is 290 g/mol. The molecule has 0 spiro atoms. The van der Waals surface area contributed by atoms with Gasteiger partial charge in [-0.15, -0.1) is 11.6 Å². The molecule has 21 heavy (non-hydrogen) atoms. The normalized spacial score (nSPS) is 10.2. The lowest BCUT2D eigenvalue weighted by Gasteiger charge is -2.26. The van der Waals surface area contributed by atoms with E-state index in [1.165, 1.54) is 6.20 Å². The van der Waals surface area contributed by atoms with E-state index < -0.39 is 0 Å². The molecule has 1 aromatic heterocycles. The van der Waals surface area contributed by atoms with Gasteiger partial charge in [0.15, 0.2) is 5.82 Å². The quantitative estimate of drug-likeness (QED) is 0.452. The summed E-state index contributed by atoms with van der Waals surface area (Å²) in [6.45, 7) is 4.68. The first-order chi connectivity index (χ1) is 10.1. The number of carbonyl (C=O) groups excluding carboxylic acids is 1. The molecule has 1 N–H and O–H groups in total. The Morgan fingerprint density at radius 1 is 1.52 bits per heavy atom. The average Bonchev–Trinajstić information content (AvgIpc) is 2.46. The lowest BCUT2D eigenvalue weighted by atomic mass is 10.2. The molecule has 1 amide bonds. The molecule has 1 aromatic rings. The number of halogens is 1. The minimum Gasteiger partial charge on any atom is -0.273 e. The first-order valence-electron chi connectivity index (χ1n) is 6.93. The van der Waals surface area contributed by atoms with Gasteiger partial charge in [-0.3, -0.25) is 15.2 Å². The van der Waals surface area contributed by atoms with Crippen LogP contribution in [0.15, 0.2) is 12.3 Å². The number of carbonyl (C=O) groups is 1. The number of nitrogens with zero attached hydrogens (tertiary/aromatic N) is 4. The molecule has 0 bridgehead atoms. The number of anilines is 1. The molecule has 114 valence electrons. The van der Waals surface area contributed by atoms with Crippen molar-refractivity contribution in [3.05, 3.63) is 18.1 Å². The Labute approximate surface area is 130 Å². The number of alkyl halides is 1. The van der Waals surface area contributed by atoms with Gasteiger partial charge in [0.25, 0.3) is 0 Å². The van der Waals surface area contributed by atoms with E-state index in [-0.39, 0.29) is 11.7 Å². The molecule has 7 heteroatoms. The van der Waals surface area contributed by atoms with Gasteiger partial charge in [-0.25, -0.2) is 4.98 Å². The van der Waals surface area contributed by atoms with Crippen LogP contribution in [0.3, 0.4) is 0 Å². The van der Waals surface area contributed by atoms with E-state index in [2.05, 4.69) is 15.4 Å². The maximum Gasteiger partial charge on any atom is 0.238 e. The maximum atomic E-state index is 11.9. The lowest BCUT2D eigenvalue weighted by Crippen LogP contribution is -2.45. The maximum absolute atomic E-state index is 11.9. The zero-order valence-corrected chi connectivity index (χ0v) is 13.1. The minimum absolute atomic E-state index is 0.0812. The number of unbranched alkanes of at least 4 members (excludes halogenated alkanes) is 1. The van der Waals surface area contributed by atoms with Gasteiger partial charge in [0.05, 0.1) is 0 Å². The molecular formula is C14H20ClN5O. The van der Waals surface area contributed by atoms with E-state index in [0.717, 1.165) is 12.8 Å². The number of nitrogens with one attached hydrogen (secondary N) is 1. The van der Waals surface area contributed by atoms with Crippen LogP contribution in [0.5, 0.6) is 0 Å². The molecule has 0 aliphatic heterocycles. The van der Waals surface area contributed by atoms with Crippen LogP contribution < -0.4 is 10.4 Å². The van der Waals surface area contributed by atoms with Crippen LogP contribution >= 0.6 is 11.6 Å². The van der Waals surface area contributed by atoms with Crippen LogP contribution in [0.4, 0.5) is 5.82 Å². The first-order valence-corrected chi connectivity index (χ1v) is 7.46. The fourth-order valence-corrected chi connectivity index (χ4v) is 1.89. The summed E-state index contributed by atoms with van der Waals surface area (Å²) in [5.41, 5.74) is 2.83. The molecule has 6 nitrogen and oxygen atoms in total. The summed E-state index contributed by atoms with van der Waals surface area (Å²) in [7, 11) is 0. The van der Waals surface area contributed by atoms with E-state index in [0.29, 0.717) is 30.6 Å². The highest BCUT2D eigenvalue weighted by Crippen LogP contribution is 2.10. The Bertz CT molecular complexity index is 500. The highest BCUT2D eigenvalue weighted by atomic mass is 35.5. The monoisotopic (exact) mass is 309 g/mol. The SMILES string of the molecule is CC(C)CN(NC(=O)CCCCCl)c1ccnc(C#N)n1. The molecule has 0 atom stereocenters. The largest absolute Gasteiger partial charge is 0.273 e. The Morgan fingerprint density at radius 3 is 2.90 bits per heavy atom. The summed E-state index contributed by atoms with van der Waals surface area (Å²) >= 11 is 5.60.